The van der Waals surface area contributed by atoms with Crippen molar-refractivity contribution < 1.29 is 29.0 Å². The Morgan fingerprint density at radius 3 is 2.50 bits per heavy atom. The van der Waals surface area contributed by atoms with Crippen LogP contribution in [0.25, 0.3) is 0 Å². The van der Waals surface area contributed by atoms with E-state index in [1.807, 2.05) is 42.5 Å². The van der Waals surface area contributed by atoms with Gasteiger partial charge in [-0.3, -0.25) is 14.5 Å². The van der Waals surface area contributed by atoms with Gasteiger partial charge in [-0.15, -0.1) is 0 Å². The number of imide groups is 1. The van der Waals surface area contributed by atoms with Crippen molar-refractivity contribution in [2.75, 3.05) is 27.4 Å². The SMILES string of the molecule is COc1ccc(CCN2C(=O)N[C@H](CCC(=O)N[C@H](CO)Cc3ccccc3)C2=O)cc1OC. The van der Waals surface area contributed by atoms with Gasteiger partial charge in [0.2, 0.25) is 5.91 Å². The molecule has 2 atom stereocenters. The number of rotatable bonds is 12. The van der Waals surface area contributed by atoms with E-state index >= 15 is 0 Å². The molecule has 1 fully saturated rings. The molecular formula is C25H31N3O6. The standard InChI is InChI=1S/C25H31N3O6/c1-33-21-10-8-18(15-22(21)34-2)12-13-28-24(31)20(27-25(28)32)9-11-23(30)26-19(16-29)14-17-6-4-3-5-7-17/h3-8,10,15,19-20,29H,9,11-14,16H2,1-2H3,(H,26,30)(H,27,32)/t19-,20+/m0/s1. The Hall–Kier alpha value is -3.59. The number of amides is 4. The van der Waals surface area contributed by atoms with E-state index in [1.165, 1.54) is 4.90 Å². The monoisotopic (exact) mass is 469 g/mol. The molecule has 0 saturated carbocycles. The maximum absolute atomic E-state index is 12.7. The van der Waals surface area contributed by atoms with Crippen LogP contribution >= 0.6 is 0 Å². The highest BCUT2D eigenvalue weighted by Crippen LogP contribution is 2.28. The number of nitrogens with one attached hydrogen (secondary N) is 2. The van der Waals surface area contributed by atoms with Crippen molar-refractivity contribution >= 4 is 17.8 Å². The van der Waals surface area contributed by atoms with Crippen LogP contribution in [-0.2, 0) is 22.4 Å². The fourth-order valence-corrected chi connectivity index (χ4v) is 3.90. The van der Waals surface area contributed by atoms with Crippen molar-refractivity contribution in [3.05, 3.63) is 59.7 Å². The number of hydrogen-bond acceptors (Lipinski definition) is 6. The lowest BCUT2D eigenvalue weighted by molar-refractivity contribution is -0.127. The van der Waals surface area contributed by atoms with E-state index in [4.69, 9.17) is 9.47 Å². The zero-order chi connectivity index (χ0) is 24.5. The first kappa shape index (κ1) is 25.0. The quantitative estimate of drug-likeness (QED) is 0.407. The van der Waals surface area contributed by atoms with Crippen LogP contribution in [0.2, 0.25) is 0 Å². The minimum Gasteiger partial charge on any atom is -0.493 e. The van der Waals surface area contributed by atoms with Crippen LogP contribution in [0.3, 0.4) is 0 Å². The van der Waals surface area contributed by atoms with Gasteiger partial charge in [-0.1, -0.05) is 36.4 Å². The molecule has 0 aromatic heterocycles. The minimum absolute atomic E-state index is 0.0610. The first-order valence-corrected chi connectivity index (χ1v) is 11.2. The molecule has 182 valence electrons. The molecule has 1 heterocycles. The average Bonchev–Trinajstić information content (AvgIpc) is 3.13. The summed E-state index contributed by atoms with van der Waals surface area (Å²) >= 11 is 0. The number of benzene rings is 2. The van der Waals surface area contributed by atoms with Crippen molar-refractivity contribution in [3.8, 4) is 11.5 Å². The topological polar surface area (TPSA) is 117 Å². The van der Waals surface area contributed by atoms with Crippen LogP contribution in [0.5, 0.6) is 11.5 Å². The fraction of sp³-hybridized carbons (Fsp3) is 0.400. The van der Waals surface area contributed by atoms with E-state index in [-0.39, 0.29) is 37.8 Å². The highest BCUT2D eigenvalue weighted by molar-refractivity contribution is 6.04. The van der Waals surface area contributed by atoms with Crippen LogP contribution < -0.4 is 20.1 Å². The Kier molecular flexibility index (Phi) is 8.86. The number of nitrogens with zero attached hydrogens (tertiary/aromatic N) is 1. The summed E-state index contributed by atoms with van der Waals surface area (Å²) in [6.07, 6.45) is 1.22. The molecule has 3 rings (SSSR count). The van der Waals surface area contributed by atoms with E-state index < -0.39 is 18.1 Å². The lowest BCUT2D eigenvalue weighted by atomic mass is 10.1. The molecule has 0 bridgehead atoms. The summed E-state index contributed by atoms with van der Waals surface area (Å²) in [5.41, 5.74) is 1.90. The largest absolute Gasteiger partial charge is 0.493 e. The molecule has 0 spiro atoms. The van der Waals surface area contributed by atoms with Gasteiger partial charge in [0.05, 0.1) is 26.9 Å². The predicted molar refractivity (Wildman–Crippen MR) is 126 cm³/mol. The summed E-state index contributed by atoms with van der Waals surface area (Å²) in [5, 5.41) is 15.0. The molecule has 2 aromatic rings. The molecule has 9 heteroatoms. The number of carbonyl (C=O) groups is 3. The average molecular weight is 470 g/mol. The van der Waals surface area contributed by atoms with Gasteiger partial charge < -0.3 is 25.2 Å². The van der Waals surface area contributed by atoms with E-state index in [9.17, 15) is 19.5 Å². The third-order valence-electron chi connectivity index (χ3n) is 5.75. The third kappa shape index (κ3) is 6.48. The second-order valence-electron chi connectivity index (χ2n) is 8.11. The van der Waals surface area contributed by atoms with Crippen molar-refractivity contribution in [3.63, 3.8) is 0 Å². The zero-order valence-electron chi connectivity index (χ0n) is 19.5. The molecule has 2 aromatic carbocycles. The number of hydrogen-bond donors (Lipinski definition) is 3. The van der Waals surface area contributed by atoms with E-state index in [1.54, 1.807) is 20.3 Å². The number of carbonyl (C=O) groups excluding carboxylic acids is 3. The van der Waals surface area contributed by atoms with Gasteiger partial charge in [0.25, 0.3) is 5.91 Å². The Morgan fingerprint density at radius 1 is 1.09 bits per heavy atom. The number of ether oxygens (including phenoxy) is 2. The lowest BCUT2D eigenvalue weighted by Gasteiger charge is -2.17. The van der Waals surface area contributed by atoms with Gasteiger partial charge >= 0.3 is 6.03 Å². The van der Waals surface area contributed by atoms with Crippen LogP contribution in [0.15, 0.2) is 48.5 Å². The van der Waals surface area contributed by atoms with Crippen LogP contribution in [0, 0.1) is 0 Å². The molecule has 4 amide bonds. The van der Waals surface area contributed by atoms with Crippen molar-refractivity contribution in [1.29, 1.82) is 0 Å². The summed E-state index contributed by atoms with van der Waals surface area (Å²) in [6, 6.07) is 13.4. The third-order valence-corrected chi connectivity index (χ3v) is 5.75. The second-order valence-corrected chi connectivity index (χ2v) is 8.11. The van der Waals surface area contributed by atoms with Crippen LogP contribution in [0.1, 0.15) is 24.0 Å². The summed E-state index contributed by atoms with van der Waals surface area (Å²) < 4.78 is 10.5. The summed E-state index contributed by atoms with van der Waals surface area (Å²) in [4.78, 5) is 38.6. The molecule has 1 aliphatic heterocycles. The van der Waals surface area contributed by atoms with Crippen LogP contribution in [0.4, 0.5) is 4.79 Å². The number of aliphatic hydroxyl groups is 1. The molecule has 3 N–H and O–H groups in total. The maximum Gasteiger partial charge on any atom is 0.324 e. The molecule has 0 radical (unpaired) electrons. The summed E-state index contributed by atoms with van der Waals surface area (Å²) in [6.45, 7) is 0.0240. The van der Waals surface area contributed by atoms with E-state index in [0.29, 0.717) is 24.3 Å². The van der Waals surface area contributed by atoms with Gasteiger partial charge in [0.15, 0.2) is 11.5 Å². The Balaban J connectivity index is 1.48. The van der Waals surface area contributed by atoms with Gasteiger partial charge in [0.1, 0.15) is 6.04 Å². The van der Waals surface area contributed by atoms with Crippen LogP contribution in [-0.4, -0.2) is 67.3 Å². The molecule has 9 nitrogen and oxygen atoms in total. The lowest BCUT2D eigenvalue weighted by Crippen LogP contribution is -2.40. The van der Waals surface area contributed by atoms with E-state index in [2.05, 4.69) is 10.6 Å². The molecule has 1 saturated heterocycles. The van der Waals surface area contributed by atoms with Crippen molar-refractivity contribution in [1.82, 2.24) is 15.5 Å². The maximum atomic E-state index is 12.7. The first-order chi connectivity index (χ1) is 16.4. The van der Waals surface area contributed by atoms with Gasteiger partial charge in [0, 0.05) is 13.0 Å². The van der Waals surface area contributed by atoms with E-state index in [0.717, 1.165) is 11.1 Å². The Bertz CT molecular complexity index is 997. The predicted octanol–water partition coefficient (Wildman–Crippen LogP) is 1.67. The van der Waals surface area contributed by atoms with Gasteiger partial charge in [-0.05, 0) is 42.5 Å². The van der Waals surface area contributed by atoms with Gasteiger partial charge in [-0.2, -0.15) is 0 Å². The molecule has 0 aliphatic carbocycles. The number of aliphatic hydroxyl groups excluding tert-OH is 1. The highest BCUT2D eigenvalue weighted by Gasteiger charge is 2.37. The smallest absolute Gasteiger partial charge is 0.324 e. The van der Waals surface area contributed by atoms with Crippen molar-refractivity contribution in [2.45, 2.75) is 37.8 Å². The molecule has 34 heavy (non-hydrogen) atoms. The normalized spacial score (nSPS) is 16.2. The number of urea groups is 1. The summed E-state index contributed by atoms with van der Waals surface area (Å²) in [7, 11) is 3.10. The zero-order valence-corrected chi connectivity index (χ0v) is 19.5. The number of methoxy groups -OCH3 is 2. The van der Waals surface area contributed by atoms with Gasteiger partial charge in [-0.25, -0.2) is 4.79 Å². The minimum atomic E-state index is -0.745. The fourth-order valence-electron chi connectivity index (χ4n) is 3.90. The Morgan fingerprint density at radius 2 is 1.82 bits per heavy atom. The first-order valence-electron chi connectivity index (χ1n) is 11.2. The molecular weight excluding hydrogens is 438 g/mol. The Labute approximate surface area is 199 Å². The summed E-state index contributed by atoms with van der Waals surface area (Å²) in [5.74, 6) is 0.559. The molecule has 0 unspecified atom stereocenters. The van der Waals surface area contributed by atoms with Crippen molar-refractivity contribution in [2.24, 2.45) is 0 Å². The second kappa shape index (κ2) is 12.0. The highest BCUT2D eigenvalue weighted by atomic mass is 16.5. The molecule has 1 aliphatic rings.